The quantitative estimate of drug-likeness (QED) is 0.229. The largest absolute Gasteiger partial charge is 0.497 e. The molecule has 5 aromatic rings. The summed E-state index contributed by atoms with van der Waals surface area (Å²) >= 11 is 0. The summed E-state index contributed by atoms with van der Waals surface area (Å²) in [6.45, 7) is 5.72. The molecular formula is C35H37N3O2. The topological polar surface area (TPSA) is 40.9 Å². The maximum absolute atomic E-state index is 11.1. The second kappa shape index (κ2) is 11.9. The van der Waals surface area contributed by atoms with Gasteiger partial charge < -0.3 is 19.3 Å². The summed E-state index contributed by atoms with van der Waals surface area (Å²) in [5.74, 6) is 1.55. The third-order valence-electron chi connectivity index (χ3n) is 8.21. The van der Waals surface area contributed by atoms with Crippen molar-refractivity contribution in [3.8, 4) is 11.6 Å². The fraction of sp³-hybridized carbons (Fsp3) is 0.257. The van der Waals surface area contributed by atoms with Gasteiger partial charge in [0.05, 0.1) is 13.7 Å². The minimum Gasteiger partial charge on any atom is -0.497 e. The number of aromatic nitrogens is 1. The predicted molar refractivity (Wildman–Crippen MR) is 164 cm³/mol. The zero-order valence-corrected chi connectivity index (χ0v) is 23.1. The molecule has 0 bridgehead atoms. The first-order chi connectivity index (χ1) is 19.7. The zero-order valence-electron chi connectivity index (χ0n) is 23.1. The standard InChI is InChI=1S/C35H37N3O2/c1-40-32-14-8-9-27(23-32)25-38-26-30-15-16-31(24-34(30)35(38)39)37-21-19-36(20-22-37)18-17-33(28-10-4-2-5-11-28)29-12-6-3-7-13-29/h2-16,23-24,26,33,39H,17-22,25H2,1H3. The minimum atomic E-state index is 0.311. The molecule has 1 N–H and O–H groups in total. The van der Waals surface area contributed by atoms with E-state index in [-0.39, 0.29) is 0 Å². The van der Waals surface area contributed by atoms with Crippen molar-refractivity contribution in [2.75, 3.05) is 44.7 Å². The molecule has 0 amide bonds. The van der Waals surface area contributed by atoms with Crippen LogP contribution in [0, 0.1) is 0 Å². The van der Waals surface area contributed by atoms with E-state index in [9.17, 15) is 5.11 Å². The molecule has 0 saturated carbocycles. The van der Waals surface area contributed by atoms with E-state index in [2.05, 4.69) is 94.7 Å². The Morgan fingerprint density at radius 3 is 2.15 bits per heavy atom. The van der Waals surface area contributed by atoms with Gasteiger partial charge in [-0.1, -0.05) is 78.9 Å². The van der Waals surface area contributed by atoms with Gasteiger partial charge in [-0.05, 0) is 53.9 Å². The molecule has 6 rings (SSSR count). The smallest absolute Gasteiger partial charge is 0.199 e. The summed E-state index contributed by atoms with van der Waals surface area (Å²) in [4.78, 5) is 5.04. The summed E-state index contributed by atoms with van der Waals surface area (Å²) in [6.07, 6.45) is 3.14. The van der Waals surface area contributed by atoms with Gasteiger partial charge in [0.2, 0.25) is 0 Å². The lowest BCUT2D eigenvalue weighted by atomic mass is 9.88. The molecule has 1 aliphatic heterocycles. The van der Waals surface area contributed by atoms with Crippen LogP contribution in [-0.2, 0) is 6.54 Å². The van der Waals surface area contributed by atoms with E-state index in [1.807, 2.05) is 29.0 Å². The first-order valence-corrected chi connectivity index (χ1v) is 14.2. The highest BCUT2D eigenvalue weighted by Crippen LogP contribution is 2.33. The third kappa shape index (κ3) is 5.70. The molecule has 1 fully saturated rings. The van der Waals surface area contributed by atoms with Crippen LogP contribution >= 0.6 is 0 Å². The number of piperazine rings is 1. The zero-order chi connectivity index (χ0) is 27.3. The van der Waals surface area contributed by atoms with E-state index >= 15 is 0 Å². The number of rotatable bonds is 9. The monoisotopic (exact) mass is 531 g/mol. The Morgan fingerprint density at radius 1 is 0.775 bits per heavy atom. The van der Waals surface area contributed by atoms with Crippen molar-refractivity contribution < 1.29 is 9.84 Å². The van der Waals surface area contributed by atoms with Gasteiger partial charge in [0, 0.05) is 54.8 Å². The molecule has 2 heterocycles. The summed E-state index contributed by atoms with van der Waals surface area (Å²) in [5, 5.41) is 13.0. The van der Waals surface area contributed by atoms with Gasteiger partial charge >= 0.3 is 0 Å². The number of fused-ring (bicyclic) bond motifs is 1. The van der Waals surface area contributed by atoms with Gasteiger partial charge in [-0.25, -0.2) is 0 Å². The maximum Gasteiger partial charge on any atom is 0.199 e. The maximum atomic E-state index is 11.1. The van der Waals surface area contributed by atoms with Crippen molar-refractivity contribution >= 4 is 16.5 Å². The van der Waals surface area contributed by atoms with E-state index in [0.29, 0.717) is 18.3 Å². The van der Waals surface area contributed by atoms with Gasteiger partial charge in [0.1, 0.15) is 5.75 Å². The van der Waals surface area contributed by atoms with Gasteiger partial charge in [-0.2, -0.15) is 0 Å². The highest BCUT2D eigenvalue weighted by molar-refractivity contribution is 5.90. The van der Waals surface area contributed by atoms with Crippen LogP contribution in [0.3, 0.4) is 0 Å². The fourth-order valence-electron chi connectivity index (χ4n) is 5.96. The summed E-state index contributed by atoms with van der Waals surface area (Å²) in [7, 11) is 1.67. The molecule has 0 aliphatic carbocycles. The van der Waals surface area contributed by atoms with E-state index < -0.39 is 0 Å². The van der Waals surface area contributed by atoms with Crippen molar-refractivity contribution in [1.29, 1.82) is 0 Å². The normalized spacial score (nSPS) is 14.2. The summed E-state index contributed by atoms with van der Waals surface area (Å²) < 4.78 is 7.27. The average molecular weight is 532 g/mol. The Hall–Kier alpha value is -4.22. The molecule has 4 aromatic carbocycles. The number of aromatic hydroxyl groups is 1. The molecule has 1 aliphatic rings. The Balaban J connectivity index is 1.10. The molecule has 1 saturated heterocycles. The van der Waals surface area contributed by atoms with Gasteiger partial charge in [-0.3, -0.25) is 4.90 Å². The van der Waals surface area contributed by atoms with Crippen molar-refractivity contribution in [2.45, 2.75) is 18.9 Å². The molecule has 1 aromatic heterocycles. The number of ether oxygens (including phenoxy) is 1. The van der Waals surface area contributed by atoms with E-state index in [1.54, 1.807) is 7.11 Å². The average Bonchev–Trinajstić information content (AvgIpc) is 3.32. The molecule has 0 radical (unpaired) electrons. The predicted octanol–water partition coefficient (Wildman–Crippen LogP) is 6.75. The second-order valence-electron chi connectivity index (χ2n) is 10.7. The summed E-state index contributed by atoms with van der Waals surface area (Å²) in [5.41, 5.74) is 5.04. The van der Waals surface area contributed by atoms with Crippen LogP contribution in [-0.4, -0.2) is 54.4 Å². The highest BCUT2D eigenvalue weighted by Gasteiger charge is 2.21. The van der Waals surface area contributed by atoms with Gasteiger partial charge in [0.25, 0.3) is 0 Å². The number of hydrogen-bond acceptors (Lipinski definition) is 4. The van der Waals surface area contributed by atoms with Crippen LogP contribution < -0.4 is 9.64 Å². The molecule has 0 atom stereocenters. The second-order valence-corrected chi connectivity index (χ2v) is 10.7. The summed E-state index contributed by atoms with van der Waals surface area (Å²) in [6, 6.07) is 36.2. The molecule has 0 spiro atoms. The van der Waals surface area contributed by atoms with Crippen molar-refractivity contribution in [1.82, 2.24) is 9.47 Å². The number of hydrogen-bond donors (Lipinski definition) is 1. The Bertz CT molecular complexity index is 1500. The van der Waals surface area contributed by atoms with Crippen molar-refractivity contribution in [3.05, 3.63) is 126 Å². The highest BCUT2D eigenvalue weighted by atomic mass is 16.5. The number of methoxy groups -OCH3 is 1. The van der Waals surface area contributed by atoms with Gasteiger partial charge in [-0.15, -0.1) is 0 Å². The molecule has 204 valence electrons. The number of anilines is 1. The Labute approximate surface area is 236 Å². The van der Waals surface area contributed by atoms with Crippen molar-refractivity contribution in [3.63, 3.8) is 0 Å². The molecular weight excluding hydrogens is 494 g/mol. The fourth-order valence-corrected chi connectivity index (χ4v) is 5.96. The minimum absolute atomic E-state index is 0.311. The SMILES string of the molecule is COc1cccc(Cn2cc3ccc(N4CCN(CCC(c5ccccc5)c5ccccc5)CC4)cc3c2O)c1. The van der Waals surface area contributed by atoms with Crippen LogP contribution in [0.1, 0.15) is 29.0 Å². The lowest BCUT2D eigenvalue weighted by Crippen LogP contribution is -2.46. The van der Waals surface area contributed by atoms with Crippen LogP contribution in [0.15, 0.2) is 109 Å². The van der Waals surface area contributed by atoms with Crippen LogP contribution in [0.4, 0.5) is 5.69 Å². The first-order valence-electron chi connectivity index (χ1n) is 14.2. The van der Waals surface area contributed by atoms with Gasteiger partial charge in [0.15, 0.2) is 5.88 Å². The molecule has 5 nitrogen and oxygen atoms in total. The Morgan fingerprint density at radius 2 is 1.48 bits per heavy atom. The molecule has 0 unspecified atom stereocenters. The number of benzene rings is 4. The molecule has 5 heteroatoms. The Kier molecular flexibility index (Phi) is 7.73. The van der Waals surface area contributed by atoms with Crippen LogP contribution in [0.5, 0.6) is 11.6 Å². The van der Waals surface area contributed by atoms with E-state index in [1.165, 1.54) is 16.8 Å². The lowest BCUT2D eigenvalue weighted by molar-refractivity contribution is 0.251. The van der Waals surface area contributed by atoms with Crippen LogP contribution in [0.2, 0.25) is 0 Å². The third-order valence-corrected chi connectivity index (χ3v) is 8.21. The van der Waals surface area contributed by atoms with E-state index in [4.69, 9.17) is 4.74 Å². The number of nitrogens with zero attached hydrogens (tertiary/aromatic N) is 3. The van der Waals surface area contributed by atoms with E-state index in [0.717, 1.165) is 61.2 Å². The lowest BCUT2D eigenvalue weighted by Gasteiger charge is -2.36. The molecule has 40 heavy (non-hydrogen) atoms. The van der Waals surface area contributed by atoms with Crippen molar-refractivity contribution in [2.24, 2.45) is 0 Å². The first kappa shape index (κ1) is 26.0. The van der Waals surface area contributed by atoms with Crippen LogP contribution in [0.25, 0.3) is 10.8 Å².